The van der Waals surface area contributed by atoms with Gasteiger partial charge in [0.2, 0.25) is 0 Å². The van der Waals surface area contributed by atoms with Crippen molar-refractivity contribution in [1.82, 2.24) is 9.47 Å². The van der Waals surface area contributed by atoms with Gasteiger partial charge < -0.3 is 9.47 Å². The van der Waals surface area contributed by atoms with Crippen LogP contribution in [0.5, 0.6) is 0 Å². The molecule has 1 amide bonds. The van der Waals surface area contributed by atoms with E-state index >= 15 is 0 Å². The molecular weight excluding hydrogens is 236 g/mol. The van der Waals surface area contributed by atoms with Crippen molar-refractivity contribution < 1.29 is 4.79 Å². The maximum Gasteiger partial charge on any atom is 0.253 e. The zero-order chi connectivity index (χ0) is 13.1. The number of amides is 1. The molecule has 0 radical (unpaired) electrons. The smallest absolute Gasteiger partial charge is 0.253 e. The van der Waals surface area contributed by atoms with Crippen LogP contribution >= 0.6 is 0 Å². The second kappa shape index (κ2) is 5.31. The number of nitrogens with zero attached hydrogens (tertiary/aromatic N) is 2. The third-order valence-electron chi connectivity index (χ3n) is 3.66. The molecule has 2 aromatic rings. The van der Waals surface area contributed by atoms with Gasteiger partial charge in [-0.1, -0.05) is 0 Å². The van der Waals surface area contributed by atoms with E-state index in [0.29, 0.717) is 0 Å². The molecule has 3 nitrogen and oxygen atoms in total. The first-order valence-electron chi connectivity index (χ1n) is 6.87. The van der Waals surface area contributed by atoms with Crippen LogP contribution in [0.15, 0.2) is 48.8 Å². The van der Waals surface area contributed by atoms with Crippen LogP contribution in [0.25, 0.3) is 5.69 Å². The number of piperidine rings is 1. The molecule has 1 aromatic carbocycles. The van der Waals surface area contributed by atoms with Crippen LogP contribution < -0.4 is 0 Å². The Balaban J connectivity index is 1.76. The molecule has 0 unspecified atom stereocenters. The topological polar surface area (TPSA) is 25.2 Å². The Hall–Kier alpha value is -2.03. The number of hydrogen-bond acceptors (Lipinski definition) is 1. The van der Waals surface area contributed by atoms with Gasteiger partial charge in [0.05, 0.1) is 0 Å². The molecule has 0 N–H and O–H groups in total. The molecule has 0 bridgehead atoms. The maximum absolute atomic E-state index is 12.3. The van der Waals surface area contributed by atoms with Crippen molar-refractivity contribution >= 4 is 5.91 Å². The van der Waals surface area contributed by atoms with Crippen molar-refractivity contribution in [2.75, 3.05) is 13.1 Å². The Morgan fingerprint density at radius 3 is 2.16 bits per heavy atom. The highest BCUT2D eigenvalue weighted by molar-refractivity contribution is 5.94. The summed E-state index contributed by atoms with van der Waals surface area (Å²) in [5, 5.41) is 0. The Labute approximate surface area is 113 Å². The lowest BCUT2D eigenvalue weighted by Gasteiger charge is -2.26. The maximum atomic E-state index is 12.3. The molecule has 3 heteroatoms. The molecule has 0 spiro atoms. The summed E-state index contributed by atoms with van der Waals surface area (Å²) >= 11 is 0. The number of aromatic nitrogens is 1. The summed E-state index contributed by atoms with van der Waals surface area (Å²) in [6.45, 7) is 1.80. The number of hydrogen-bond donors (Lipinski definition) is 0. The molecule has 0 saturated carbocycles. The lowest BCUT2D eigenvalue weighted by atomic mass is 10.1. The summed E-state index contributed by atoms with van der Waals surface area (Å²) in [5.74, 6) is 0.166. The van der Waals surface area contributed by atoms with Crippen molar-refractivity contribution in [1.29, 1.82) is 0 Å². The average molecular weight is 254 g/mol. The van der Waals surface area contributed by atoms with Crippen LogP contribution in [0.2, 0.25) is 0 Å². The fourth-order valence-corrected chi connectivity index (χ4v) is 2.56. The molecule has 1 aliphatic heterocycles. The average Bonchev–Trinajstić information content (AvgIpc) is 3.02. The highest BCUT2D eigenvalue weighted by atomic mass is 16.2. The summed E-state index contributed by atoms with van der Waals surface area (Å²) in [6.07, 6.45) is 7.51. The summed E-state index contributed by atoms with van der Waals surface area (Å²) in [4.78, 5) is 14.3. The van der Waals surface area contributed by atoms with Gasteiger partial charge in [0.1, 0.15) is 0 Å². The van der Waals surface area contributed by atoms with Crippen molar-refractivity contribution in [3.63, 3.8) is 0 Å². The predicted molar refractivity (Wildman–Crippen MR) is 75.5 cm³/mol. The Bertz CT molecular complexity index is 537. The Morgan fingerprint density at radius 2 is 1.53 bits per heavy atom. The van der Waals surface area contributed by atoms with E-state index in [4.69, 9.17) is 0 Å². The lowest BCUT2D eigenvalue weighted by Crippen LogP contribution is -2.35. The standard InChI is InChI=1S/C16H18N2O/c19-16(18-12-2-1-3-13-18)14-6-8-15(9-7-14)17-10-4-5-11-17/h4-11H,1-3,12-13H2. The number of likely N-dealkylation sites (tertiary alicyclic amines) is 1. The van der Waals surface area contributed by atoms with Gasteiger partial charge in [0.25, 0.3) is 5.91 Å². The van der Waals surface area contributed by atoms with Crippen LogP contribution in [-0.2, 0) is 0 Å². The van der Waals surface area contributed by atoms with Gasteiger partial charge in [-0.25, -0.2) is 0 Å². The highest BCUT2D eigenvalue weighted by Crippen LogP contribution is 2.15. The lowest BCUT2D eigenvalue weighted by molar-refractivity contribution is 0.0724. The van der Waals surface area contributed by atoms with Crippen molar-refractivity contribution in [2.45, 2.75) is 19.3 Å². The quantitative estimate of drug-likeness (QED) is 0.808. The molecule has 0 atom stereocenters. The van der Waals surface area contributed by atoms with Crippen molar-refractivity contribution in [3.8, 4) is 5.69 Å². The minimum absolute atomic E-state index is 0.166. The first kappa shape index (κ1) is 12.0. The molecule has 3 rings (SSSR count). The van der Waals surface area contributed by atoms with E-state index in [9.17, 15) is 4.79 Å². The van der Waals surface area contributed by atoms with Gasteiger partial charge in [-0.2, -0.15) is 0 Å². The monoisotopic (exact) mass is 254 g/mol. The summed E-state index contributed by atoms with van der Waals surface area (Å²) in [6, 6.07) is 11.8. The number of rotatable bonds is 2. The molecule has 19 heavy (non-hydrogen) atoms. The van der Waals surface area contributed by atoms with E-state index in [-0.39, 0.29) is 5.91 Å². The van der Waals surface area contributed by atoms with Gasteiger partial charge in [-0.3, -0.25) is 4.79 Å². The van der Waals surface area contributed by atoms with Crippen LogP contribution in [0.3, 0.4) is 0 Å². The third-order valence-corrected chi connectivity index (χ3v) is 3.66. The number of carbonyl (C=O) groups excluding carboxylic acids is 1. The van der Waals surface area contributed by atoms with Gasteiger partial charge in [0.15, 0.2) is 0 Å². The summed E-state index contributed by atoms with van der Waals surface area (Å²) in [5.41, 5.74) is 1.87. The van der Waals surface area contributed by atoms with E-state index in [1.165, 1.54) is 6.42 Å². The minimum Gasteiger partial charge on any atom is -0.339 e. The first-order valence-corrected chi connectivity index (χ1v) is 6.87. The zero-order valence-electron chi connectivity index (χ0n) is 11.0. The second-order valence-corrected chi connectivity index (χ2v) is 4.99. The zero-order valence-corrected chi connectivity index (χ0v) is 11.0. The fraction of sp³-hybridized carbons (Fsp3) is 0.312. The fourth-order valence-electron chi connectivity index (χ4n) is 2.56. The van der Waals surface area contributed by atoms with E-state index in [1.807, 2.05) is 58.3 Å². The SMILES string of the molecule is O=C(c1ccc(-n2cccc2)cc1)N1CCCCC1. The van der Waals surface area contributed by atoms with Gasteiger partial charge in [-0.15, -0.1) is 0 Å². The van der Waals surface area contributed by atoms with Crippen molar-refractivity contribution in [3.05, 3.63) is 54.4 Å². The molecule has 1 aromatic heterocycles. The first-order chi connectivity index (χ1) is 9.34. The van der Waals surface area contributed by atoms with E-state index in [1.54, 1.807) is 0 Å². The van der Waals surface area contributed by atoms with Crippen LogP contribution in [-0.4, -0.2) is 28.5 Å². The van der Waals surface area contributed by atoms with Crippen LogP contribution in [0.1, 0.15) is 29.6 Å². The van der Waals surface area contributed by atoms with Gasteiger partial charge >= 0.3 is 0 Å². The van der Waals surface area contributed by atoms with Crippen LogP contribution in [0.4, 0.5) is 0 Å². The largest absolute Gasteiger partial charge is 0.339 e. The Kier molecular flexibility index (Phi) is 3.36. The van der Waals surface area contributed by atoms with Gasteiger partial charge in [-0.05, 0) is 55.7 Å². The van der Waals surface area contributed by atoms with E-state index in [0.717, 1.165) is 37.2 Å². The molecule has 1 aliphatic rings. The van der Waals surface area contributed by atoms with Crippen molar-refractivity contribution in [2.24, 2.45) is 0 Å². The Morgan fingerprint density at radius 1 is 0.895 bits per heavy atom. The summed E-state index contributed by atoms with van der Waals surface area (Å²) in [7, 11) is 0. The predicted octanol–water partition coefficient (Wildman–Crippen LogP) is 3.10. The normalized spacial score (nSPS) is 15.5. The number of benzene rings is 1. The minimum atomic E-state index is 0.166. The third kappa shape index (κ3) is 2.55. The second-order valence-electron chi connectivity index (χ2n) is 4.99. The molecule has 1 fully saturated rings. The molecule has 0 aliphatic carbocycles. The molecule has 1 saturated heterocycles. The molecule has 98 valence electrons. The molecular formula is C16H18N2O. The molecule has 2 heterocycles. The van der Waals surface area contributed by atoms with E-state index < -0.39 is 0 Å². The summed E-state index contributed by atoms with van der Waals surface area (Å²) < 4.78 is 2.04. The van der Waals surface area contributed by atoms with Gasteiger partial charge in [0, 0.05) is 36.7 Å². The highest BCUT2D eigenvalue weighted by Gasteiger charge is 2.17. The van der Waals surface area contributed by atoms with E-state index in [2.05, 4.69) is 0 Å². The van der Waals surface area contributed by atoms with Crippen LogP contribution in [0, 0.1) is 0 Å². The number of carbonyl (C=O) groups is 1.